The average molecular weight is 754 g/mol. The number of rotatable bonds is 15. The molecule has 1 atom stereocenters. The van der Waals surface area contributed by atoms with E-state index in [-0.39, 0.29) is 25.8 Å². The number of nitrogens with zero attached hydrogens (tertiary/aromatic N) is 1. The lowest BCUT2D eigenvalue weighted by atomic mass is 9.95. The van der Waals surface area contributed by atoms with Crippen LogP contribution >= 0.6 is 28.1 Å². The van der Waals surface area contributed by atoms with E-state index in [1.165, 1.54) is 6.21 Å². The van der Waals surface area contributed by atoms with Crippen LogP contribution in [0.4, 0.5) is 0 Å². The number of nitrogens with one attached hydrogen (secondary N) is 3. The second-order valence-corrected chi connectivity index (χ2v) is 11.6. The van der Waals surface area contributed by atoms with Gasteiger partial charge in [-0.3, -0.25) is 4.79 Å². The summed E-state index contributed by atoms with van der Waals surface area (Å²) in [5.41, 5.74) is 5.94. The van der Waals surface area contributed by atoms with E-state index in [4.69, 9.17) is 35.9 Å². The molecule has 3 aromatic rings. The largest absolute Gasteiger partial charge is 0.490 e. The maximum atomic E-state index is 12.8. The lowest BCUT2D eigenvalue weighted by Gasteiger charge is -2.30. The van der Waals surface area contributed by atoms with Crippen LogP contribution in [-0.4, -0.2) is 55.6 Å². The van der Waals surface area contributed by atoms with E-state index in [1.807, 2.05) is 6.92 Å². The highest BCUT2D eigenvalue weighted by molar-refractivity contribution is 9.10. The van der Waals surface area contributed by atoms with Gasteiger partial charge in [0.2, 0.25) is 0 Å². The van der Waals surface area contributed by atoms with Crippen molar-refractivity contribution in [2.75, 3.05) is 26.4 Å². The van der Waals surface area contributed by atoms with Crippen LogP contribution in [0.15, 0.2) is 81.5 Å². The molecule has 1 heterocycles. The SMILES string of the molecule is CCOC(=O)C1=C(C)NC(=S)N[C@@H]1c1ccccc1OCC(=O)NN=Cc1cc(Br)c(OCc2ccc(C(=O)OCC)cc2)c(OCC)c1. The summed E-state index contributed by atoms with van der Waals surface area (Å²) in [5.74, 6) is -0.0216. The molecular formula is C35H37BrN4O8S. The highest BCUT2D eigenvalue weighted by Crippen LogP contribution is 2.37. The number of carbonyl (C=O) groups is 3. The van der Waals surface area contributed by atoms with Gasteiger partial charge in [-0.25, -0.2) is 15.0 Å². The first-order chi connectivity index (χ1) is 23.6. The van der Waals surface area contributed by atoms with Gasteiger partial charge in [-0.15, -0.1) is 0 Å². The maximum Gasteiger partial charge on any atom is 0.338 e. The monoisotopic (exact) mass is 752 g/mol. The van der Waals surface area contributed by atoms with E-state index >= 15 is 0 Å². The van der Waals surface area contributed by atoms with Crippen molar-refractivity contribution in [2.45, 2.75) is 40.3 Å². The van der Waals surface area contributed by atoms with Crippen molar-refractivity contribution in [3.63, 3.8) is 0 Å². The summed E-state index contributed by atoms with van der Waals surface area (Å²) in [5, 5.41) is 10.5. The molecule has 3 aromatic carbocycles. The molecule has 258 valence electrons. The van der Waals surface area contributed by atoms with Crippen molar-refractivity contribution in [2.24, 2.45) is 5.10 Å². The normalized spacial score (nSPS) is 14.1. The minimum Gasteiger partial charge on any atom is -0.490 e. The Morgan fingerprint density at radius 3 is 2.35 bits per heavy atom. The van der Waals surface area contributed by atoms with Crippen molar-refractivity contribution in [3.8, 4) is 17.2 Å². The Morgan fingerprint density at radius 2 is 1.63 bits per heavy atom. The summed E-state index contributed by atoms with van der Waals surface area (Å²) in [7, 11) is 0. The number of hydrazone groups is 1. The van der Waals surface area contributed by atoms with Gasteiger partial charge in [0.25, 0.3) is 5.91 Å². The van der Waals surface area contributed by atoms with Crippen molar-refractivity contribution >= 4 is 57.3 Å². The highest BCUT2D eigenvalue weighted by atomic mass is 79.9. The van der Waals surface area contributed by atoms with E-state index in [0.717, 1.165) is 5.56 Å². The number of ether oxygens (including phenoxy) is 5. The van der Waals surface area contributed by atoms with Gasteiger partial charge in [-0.2, -0.15) is 5.10 Å². The molecule has 0 aliphatic carbocycles. The quantitative estimate of drug-likeness (QED) is 0.0785. The zero-order valence-electron chi connectivity index (χ0n) is 27.5. The first-order valence-corrected chi connectivity index (χ1v) is 16.7. The van der Waals surface area contributed by atoms with Crippen LogP contribution in [0.3, 0.4) is 0 Å². The Hall–Kier alpha value is -4.95. The Labute approximate surface area is 298 Å². The van der Waals surface area contributed by atoms with Crippen LogP contribution in [0.25, 0.3) is 0 Å². The van der Waals surface area contributed by atoms with Gasteiger partial charge in [0.1, 0.15) is 12.4 Å². The third-order valence-electron chi connectivity index (χ3n) is 6.94. The van der Waals surface area contributed by atoms with Crippen molar-refractivity contribution < 1.29 is 38.1 Å². The zero-order valence-corrected chi connectivity index (χ0v) is 29.9. The minimum absolute atomic E-state index is 0.212. The Balaban J connectivity index is 1.39. The van der Waals surface area contributed by atoms with Crippen LogP contribution in [0, 0.1) is 0 Å². The number of esters is 2. The number of halogens is 1. The molecule has 0 unspecified atom stereocenters. The summed E-state index contributed by atoms with van der Waals surface area (Å²) in [6.45, 7) is 7.88. The highest BCUT2D eigenvalue weighted by Gasteiger charge is 2.32. The van der Waals surface area contributed by atoms with E-state index in [0.29, 0.717) is 68.0 Å². The number of benzene rings is 3. The minimum atomic E-state index is -0.646. The van der Waals surface area contributed by atoms with E-state index in [9.17, 15) is 14.4 Å². The average Bonchev–Trinajstić information content (AvgIpc) is 3.07. The molecule has 1 aliphatic heterocycles. The molecule has 0 aromatic heterocycles. The van der Waals surface area contributed by atoms with Crippen LogP contribution in [0.2, 0.25) is 0 Å². The second-order valence-electron chi connectivity index (χ2n) is 10.4. The Morgan fingerprint density at radius 1 is 0.918 bits per heavy atom. The lowest BCUT2D eigenvalue weighted by Crippen LogP contribution is -2.45. The molecule has 0 spiro atoms. The predicted octanol–water partition coefficient (Wildman–Crippen LogP) is 5.49. The molecule has 1 aliphatic rings. The van der Waals surface area contributed by atoms with Gasteiger partial charge >= 0.3 is 11.9 Å². The molecule has 1 amide bonds. The fraction of sp³-hybridized carbons (Fsp3) is 0.286. The predicted molar refractivity (Wildman–Crippen MR) is 191 cm³/mol. The first kappa shape index (κ1) is 36.9. The molecule has 0 fully saturated rings. The van der Waals surface area contributed by atoms with Crippen LogP contribution < -0.4 is 30.3 Å². The Kier molecular flexibility index (Phi) is 13.5. The molecule has 49 heavy (non-hydrogen) atoms. The van der Waals surface area contributed by atoms with Gasteiger partial charge in [0.05, 0.1) is 47.7 Å². The summed E-state index contributed by atoms with van der Waals surface area (Å²) >= 11 is 8.88. The third-order valence-corrected chi connectivity index (χ3v) is 7.75. The molecule has 4 rings (SSSR count). The van der Waals surface area contributed by atoms with Gasteiger partial charge in [0.15, 0.2) is 23.2 Å². The van der Waals surface area contributed by atoms with Gasteiger partial charge in [-0.1, -0.05) is 30.3 Å². The van der Waals surface area contributed by atoms with Gasteiger partial charge in [-0.05, 0) is 97.3 Å². The number of para-hydroxylation sites is 1. The van der Waals surface area contributed by atoms with Gasteiger partial charge < -0.3 is 34.3 Å². The topological polar surface area (TPSA) is 146 Å². The van der Waals surface area contributed by atoms with Crippen LogP contribution in [-0.2, 0) is 25.7 Å². The molecule has 12 nitrogen and oxygen atoms in total. The summed E-state index contributed by atoms with van der Waals surface area (Å²) in [6, 6.07) is 16.9. The van der Waals surface area contributed by atoms with Gasteiger partial charge in [0, 0.05) is 11.3 Å². The van der Waals surface area contributed by atoms with Crippen LogP contribution in [0.1, 0.15) is 60.8 Å². The fourth-order valence-electron chi connectivity index (χ4n) is 4.78. The standard InChI is InChI=1S/C35H37BrN4O8S/c1-5-44-28-17-23(16-26(36)32(28)48-19-22-12-14-24(15-13-22)33(42)45-6-2)18-37-40-29(41)20-47-27-11-9-8-10-25(27)31-30(34(43)46-7-3)21(4)38-35(49)39-31/h8-18,31H,5-7,19-20H2,1-4H3,(H,40,41)(H2,38,39,49)/t31-/m1/s1. The number of carbonyl (C=O) groups excluding carboxylic acids is 3. The van der Waals surface area contributed by atoms with E-state index in [2.05, 4.69) is 37.1 Å². The lowest BCUT2D eigenvalue weighted by molar-refractivity contribution is -0.139. The number of hydrogen-bond acceptors (Lipinski definition) is 10. The third kappa shape index (κ3) is 10.0. The first-order valence-electron chi connectivity index (χ1n) is 15.5. The smallest absolute Gasteiger partial charge is 0.338 e. The van der Waals surface area contributed by atoms with Crippen LogP contribution in [0.5, 0.6) is 17.2 Å². The number of amides is 1. The van der Waals surface area contributed by atoms with Crippen molar-refractivity contribution in [1.29, 1.82) is 0 Å². The molecule has 0 saturated heterocycles. The Bertz CT molecular complexity index is 1750. The van der Waals surface area contributed by atoms with Crippen molar-refractivity contribution in [3.05, 3.63) is 98.7 Å². The second kappa shape index (κ2) is 18.0. The van der Waals surface area contributed by atoms with Crippen molar-refractivity contribution in [1.82, 2.24) is 16.1 Å². The molecule has 0 bridgehead atoms. The number of thiocarbonyl (C=S) groups is 1. The molecular weight excluding hydrogens is 716 g/mol. The maximum absolute atomic E-state index is 12.8. The van der Waals surface area contributed by atoms with E-state index in [1.54, 1.807) is 81.4 Å². The summed E-state index contributed by atoms with van der Waals surface area (Å²) in [4.78, 5) is 37.4. The zero-order chi connectivity index (χ0) is 35.3. The summed E-state index contributed by atoms with van der Waals surface area (Å²) < 4.78 is 28.7. The fourth-order valence-corrected chi connectivity index (χ4v) is 5.63. The van der Waals surface area contributed by atoms with E-state index < -0.39 is 17.9 Å². The molecule has 0 radical (unpaired) electrons. The number of hydrogen-bond donors (Lipinski definition) is 3. The molecule has 0 saturated carbocycles. The number of allylic oxidation sites excluding steroid dienone is 1. The molecule has 14 heteroatoms. The summed E-state index contributed by atoms with van der Waals surface area (Å²) in [6.07, 6.45) is 1.47. The molecule has 3 N–H and O–H groups in total.